The number of fused-ring (bicyclic) bond motifs is 5. The zero-order valence-corrected chi connectivity index (χ0v) is 41.1. The number of methoxy groups -OCH3 is 2. The molecule has 11 atom stereocenters. The van der Waals surface area contributed by atoms with Gasteiger partial charge in [0, 0.05) is 36.3 Å². The number of benzene rings is 1. The van der Waals surface area contributed by atoms with Crippen LogP contribution < -0.4 is 14.8 Å². The normalized spacial score (nSPS) is 30.6. The summed E-state index contributed by atoms with van der Waals surface area (Å²) >= 11 is 17.8. The topological polar surface area (TPSA) is 221 Å². The molecule has 1 aliphatic heterocycles. The molecule has 2 saturated carbocycles. The summed E-state index contributed by atoms with van der Waals surface area (Å²) in [6, 6.07) is 4.78. The molecule has 2 unspecified atom stereocenters. The summed E-state index contributed by atoms with van der Waals surface area (Å²) in [6.45, 7) is 16.4. The fraction of sp³-hybridized carbons (Fsp3) is 0.711. The highest BCUT2D eigenvalue weighted by Gasteiger charge is 2.72. The van der Waals surface area contributed by atoms with E-state index in [2.05, 4.69) is 5.32 Å². The number of esters is 3. The van der Waals surface area contributed by atoms with E-state index in [1.807, 2.05) is 13.8 Å². The van der Waals surface area contributed by atoms with Crippen molar-refractivity contribution >= 4 is 64.6 Å². The number of aliphatic hydroxyl groups is 1. The molecular formula is C45H62Cl3NO16. The van der Waals surface area contributed by atoms with Crippen LogP contribution in [0.1, 0.15) is 107 Å². The molecule has 65 heavy (non-hydrogen) atoms. The van der Waals surface area contributed by atoms with Crippen LogP contribution in [0.4, 0.5) is 4.79 Å². The van der Waals surface area contributed by atoms with Gasteiger partial charge in [-0.05, 0) is 89.0 Å². The monoisotopic (exact) mass is 977 g/mol. The quantitative estimate of drug-likeness (QED) is 0.0321. The standard InChI is InChI=1S/C45H62Cl3NO16/c1-21(2)13-16-28(61-37(49-40(55)64-41(5,6)7)25-15-14-24(57-11)17-29(25)58-12)38(53)63-33-22(3)32-34(60-23(4)50)35(51)43(10)27(19-44(65-56,36(33)52)42(32,8)9)26-20-59-30(26)18-31(43)62-39(54)45(46,47)48/h14-15,17,21,26-28,30-31,33-34,36-37,52,56H,13,16,18-20H2,1-12H3,(H,49,55)/t26-,27?,28+,30+,31-,33+,34+,36-,37?,43-,44-/m0/s1. The fourth-order valence-electron chi connectivity index (χ4n) is 9.91. The minimum atomic E-state index is -2.52. The van der Waals surface area contributed by atoms with Crippen LogP contribution in [0.25, 0.3) is 0 Å². The third-order valence-electron chi connectivity index (χ3n) is 13.4. The fourth-order valence-corrected chi connectivity index (χ4v) is 10.0. The van der Waals surface area contributed by atoms with E-state index in [0.29, 0.717) is 17.7 Å². The van der Waals surface area contributed by atoms with Gasteiger partial charge in [0.2, 0.25) is 0 Å². The number of alkyl halides is 3. The van der Waals surface area contributed by atoms with Crippen LogP contribution in [0.5, 0.6) is 11.5 Å². The number of carbonyl (C=O) groups excluding carboxylic acids is 5. The molecule has 1 saturated heterocycles. The van der Waals surface area contributed by atoms with Crippen molar-refractivity contribution in [3.05, 3.63) is 34.9 Å². The lowest BCUT2D eigenvalue weighted by Gasteiger charge is -2.63. The third-order valence-corrected chi connectivity index (χ3v) is 13.9. The molecule has 2 bridgehead atoms. The summed E-state index contributed by atoms with van der Waals surface area (Å²) in [7, 11) is 2.88. The van der Waals surface area contributed by atoms with E-state index < -0.39 is 110 Å². The molecule has 364 valence electrons. The van der Waals surface area contributed by atoms with Crippen molar-refractivity contribution in [1.29, 1.82) is 0 Å². The van der Waals surface area contributed by atoms with Crippen molar-refractivity contribution in [3.8, 4) is 11.5 Å². The molecule has 3 N–H and O–H groups in total. The van der Waals surface area contributed by atoms with E-state index in [4.69, 9.17) is 77.6 Å². The van der Waals surface area contributed by atoms with Gasteiger partial charge >= 0.3 is 24.0 Å². The smallest absolute Gasteiger partial charge is 0.409 e. The Morgan fingerprint density at radius 1 is 1.00 bits per heavy atom. The Bertz CT molecular complexity index is 2010. The van der Waals surface area contributed by atoms with Crippen molar-refractivity contribution in [2.75, 3.05) is 20.8 Å². The molecule has 4 aliphatic rings. The largest absolute Gasteiger partial charge is 0.497 e. The molecule has 3 aliphatic carbocycles. The van der Waals surface area contributed by atoms with Gasteiger partial charge in [0.25, 0.3) is 3.79 Å². The number of aliphatic hydroxyl groups excluding tert-OH is 1. The number of ether oxygens (including phenoxy) is 8. The number of hydrogen-bond donors (Lipinski definition) is 3. The Balaban J connectivity index is 1.65. The van der Waals surface area contributed by atoms with Crippen LogP contribution in [-0.2, 0) is 52.5 Å². The zero-order chi connectivity index (χ0) is 48.8. The van der Waals surface area contributed by atoms with Gasteiger partial charge in [0.1, 0.15) is 34.9 Å². The van der Waals surface area contributed by atoms with Gasteiger partial charge in [0.05, 0.1) is 32.3 Å². The van der Waals surface area contributed by atoms with Crippen molar-refractivity contribution in [3.63, 3.8) is 0 Å². The molecule has 1 aromatic rings. The SMILES string of the molecule is COc1ccc(C(NC(=O)OC(C)(C)C)O[C@H](CCC(C)C)C(=O)O[C@@H]2C(C)=C3[C@@H](OC(C)=O)C(=O)[C@@]4(C)C(C[C@](OO)([C@H]2O)C3(C)C)[C@@H]2CO[C@@H]2C[C@@H]4OC(=O)C(Cl)(Cl)Cl)c(OC)c1. The number of Topliss-reactive ketones (excluding diaryl/α,β-unsaturated/α-hetero) is 1. The minimum absolute atomic E-state index is 0.00379. The first kappa shape index (κ1) is 52.5. The summed E-state index contributed by atoms with van der Waals surface area (Å²) in [4.78, 5) is 75.1. The lowest BCUT2D eigenvalue weighted by Crippen LogP contribution is -2.73. The highest BCUT2D eigenvalue weighted by Crippen LogP contribution is 2.63. The number of hydrogen-bond acceptors (Lipinski definition) is 16. The van der Waals surface area contributed by atoms with Gasteiger partial charge in [0.15, 0.2) is 30.3 Å². The zero-order valence-electron chi connectivity index (χ0n) is 38.8. The molecule has 1 aromatic carbocycles. The van der Waals surface area contributed by atoms with E-state index in [1.54, 1.807) is 52.8 Å². The van der Waals surface area contributed by atoms with Crippen LogP contribution in [0, 0.1) is 28.6 Å². The van der Waals surface area contributed by atoms with Gasteiger partial charge in [-0.15, -0.1) is 0 Å². The van der Waals surface area contributed by atoms with Crippen LogP contribution in [0.15, 0.2) is 29.3 Å². The average molecular weight is 979 g/mol. The van der Waals surface area contributed by atoms with Crippen molar-refractivity contribution in [1.82, 2.24) is 5.32 Å². The second-order valence-corrected chi connectivity index (χ2v) is 21.6. The molecule has 5 rings (SSSR count). The maximum Gasteiger partial charge on any atom is 0.409 e. The summed E-state index contributed by atoms with van der Waals surface area (Å²) in [5.41, 5.74) is -5.82. The number of rotatable bonds is 14. The second-order valence-electron chi connectivity index (χ2n) is 19.3. The van der Waals surface area contributed by atoms with Gasteiger partial charge in [-0.1, -0.05) is 62.5 Å². The summed E-state index contributed by atoms with van der Waals surface area (Å²) in [5, 5.41) is 26.6. The van der Waals surface area contributed by atoms with E-state index in [1.165, 1.54) is 28.1 Å². The maximum absolute atomic E-state index is 15.4. The lowest BCUT2D eigenvalue weighted by molar-refractivity contribution is -0.389. The number of ketones is 1. The van der Waals surface area contributed by atoms with Gasteiger partial charge < -0.3 is 43.0 Å². The number of amides is 1. The number of nitrogens with one attached hydrogen (secondary N) is 1. The molecule has 0 spiro atoms. The molecule has 0 radical (unpaired) electrons. The molecule has 3 fully saturated rings. The molecule has 20 heteroatoms. The van der Waals surface area contributed by atoms with Gasteiger partial charge in [-0.2, -0.15) is 0 Å². The number of carbonyl (C=O) groups is 5. The highest BCUT2D eigenvalue weighted by atomic mass is 35.6. The van der Waals surface area contributed by atoms with Crippen molar-refractivity contribution < 1.29 is 77.1 Å². The highest BCUT2D eigenvalue weighted by molar-refractivity contribution is 6.75. The summed E-state index contributed by atoms with van der Waals surface area (Å²) in [5.74, 6) is -4.41. The van der Waals surface area contributed by atoms with Gasteiger partial charge in [-0.25, -0.2) is 19.3 Å². The van der Waals surface area contributed by atoms with Crippen LogP contribution in [0.3, 0.4) is 0 Å². The van der Waals surface area contributed by atoms with Gasteiger partial charge in [-0.3, -0.25) is 20.2 Å². The molecule has 17 nitrogen and oxygen atoms in total. The minimum Gasteiger partial charge on any atom is -0.497 e. The Kier molecular flexibility index (Phi) is 15.9. The summed E-state index contributed by atoms with van der Waals surface area (Å²) < 4.78 is 44.3. The third kappa shape index (κ3) is 10.4. The lowest BCUT2D eigenvalue weighted by atomic mass is 9.46. The average Bonchev–Trinajstić information content (AvgIpc) is 3.19. The summed E-state index contributed by atoms with van der Waals surface area (Å²) in [6.07, 6.45) is -10.6. The molecular weight excluding hydrogens is 917 g/mol. The maximum atomic E-state index is 15.4. The van der Waals surface area contributed by atoms with E-state index in [9.17, 15) is 29.5 Å². The van der Waals surface area contributed by atoms with Crippen molar-refractivity contribution in [2.24, 2.45) is 28.6 Å². The van der Waals surface area contributed by atoms with E-state index in [0.717, 1.165) is 6.92 Å². The molecule has 0 aromatic heterocycles. The Hall–Kier alpha value is -3.42. The number of alkyl carbamates (subject to hydrolysis) is 1. The molecule has 1 amide bonds. The second kappa shape index (κ2) is 19.7. The predicted molar refractivity (Wildman–Crippen MR) is 234 cm³/mol. The van der Waals surface area contributed by atoms with Crippen LogP contribution in [0.2, 0.25) is 0 Å². The van der Waals surface area contributed by atoms with Crippen LogP contribution >= 0.6 is 34.8 Å². The Morgan fingerprint density at radius 2 is 1.66 bits per heavy atom. The van der Waals surface area contributed by atoms with E-state index in [-0.39, 0.29) is 48.7 Å². The first-order valence-corrected chi connectivity index (χ1v) is 22.6. The first-order chi connectivity index (χ1) is 30.1. The first-order valence-electron chi connectivity index (χ1n) is 21.5. The Morgan fingerprint density at radius 3 is 2.18 bits per heavy atom. The Labute approximate surface area is 394 Å². The predicted octanol–water partition coefficient (Wildman–Crippen LogP) is 7.13. The molecule has 1 heterocycles. The van der Waals surface area contributed by atoms with E-state index >= 15 is 4.79 Å². The van der Waals surface area contributed by atoms with Crippen molar-refractivity contribution in [2.45, 2.75) is 153 Å². The number of halogens is 3. The van der Waals surface area contributed by atoms with Crippen LogP contribution in [-0.4, -0.2) is 113 Å².